The molecule has 0 saturated carbocycles. The molecule has 8 nitrogen and oxygen atoms in total. The minimum Gasteiger partial charge on any atom is -0.491 e. The predicted molar refractivity (Wildman–Crippen MR) is 81.2 cm³/mol. The second-order valence-corrected chi connectivity index (χ2v) is 5.80. The molecule has 3 rings (SSSR count). The van der Waals surface area contributed by atoms with Gasteiger partial charge in [-0.3, -0.25) is 14.4 Å². The normalized spacial score (nSPS) is 26.0. The van der Waals surface area contributed by atoms with Crippen molar-refractivity contribution >= 4 is 17.8 Å². The lowest BCUT2D eigenvalue weighted by atomic mass is 9.93. The number of carbonyl (C=O) groups is 3. The quantitative estimate of drug-likeness (QED) is 0.670. The van der Waals surface area contributed by atoms with E-state index < -0.39 is 24.0 Å². The number of carbonyl (C=O) groups excluding carboxylic acids is 2. The number of aliphatic carboxylic acids is 1. The summed E-state index contributed by atoms with van der Waals surface area (Å²) in [6.07, 6.45) is 0.0826. The molecule has 0 bridgehead atoms. The van der Waals surface area contributed by atoms with Crippen LogP contribution < -0.4 is 10.1 Å². The highest BCUT2D eigenvalue weighted by molar-refractivity contribution is 5.96. The number of carboxylic acid groups (broad SMARTS) is 1. The molecule has 0 unspecified atom stereocenters. The highest BCUT2D eigenvalue weighted by atomic mass is 16.5. The minimum atomic E-state index is -1.04. The third-order valence-electron chi connectivity index (χ3n) is 4.38. The van der Waals surface area contributed by atoms with Gasteiger partial charge in [-0.2, -0.15) is 0 Å². The van der Waals surface area contributed by atoms with Crippen molar-refractivity contribution in [2.45, 2.75) is 18.5 Å². The summed E-state index contributed by atoms with van der Waals surface area (Å²) < 4.78 is 5.35. The summed E-state index contributed by atoms with van der Waals surface area (Å²) in [5.41, 5.74) is 0.600. The summed E-state index contributed by atoms with van der Waals surface area (Å²) in [4.78, 5) is 37.4. The van der Waals surface area contributed by atoms with Gasteiger partial charge in [0, 0.05) is 0 Å². The Balaban J connectivity index is 1.97. The summed E-state index contributed by atoms with van der Waals surface area (Å²) in [5.74, 6) is -2.05. The molecule has 3 atom stereocenters. The highest BCUT2D eigenvalue weighted by Gasteiger charge is 2.52. The molecule has 1 aromatic carbocycles. The molecule has 0 aromatic heterocycles. The average Bonchev–Trinajstić information content (AvgIpc) is 2.99. The van der Waals surface area contributed by atoms with Crippen LogP contribution in [0.3, 0.4) is 0 Å². The van der Waals surface area contributed by atoms with E-state index in [0.29, 0.717) is 11.3 Å². The van der Waals surface area contributed by atoms with Gasteiger partial charge in [0.25, 0.3) is 0 Å². The Morgan fingerprint density at radius 1 is 1.38 bits per heavy atom. The van der Waals surface area contributed by atoms with Gasteiger partial charge in [-0.15, -0.1) is 0 Å². The van der Waals surface area contributed by atoms with E-state index in [2.05, 4.69) is 5.32 Å². The van der Waals surface area contributed by atoms with E-state index >= 15 is 0 Å². The summed E-state index contributed by atoms with van der Waals surface area (Å²) in [6, 6.07) is 5.27. The van der Waals surface area contributed by atoms with Crippen molar-refractivity contribution in [1.29, 1.82) is 0 Å². The molecule has 2 amide bonds. The number of nitrogens with zero attached hydrogens (tertiary/aromatic N) is 1. The van der Waals surface area contributed by atoms with Crippen molar-refractivity contribution in [3.63, 3.8) is 0 Å². The molecule has 0 spiro atoms. The zero-order valence-electron chi connectivity index (χ0n) is 12.8. The zero-order chi connectivity index (χ0) is 17.3. The Labute approximate surface area is 138 Å². The summed E-state index contributed by atoms with van der Waals surface area (Å²) in [6.45, 7) is -0.151. The standard InChI is InChI=1S/C16H18N2O6/c19-4-5-24-10-3-1-2-9(6-10)14-11(16(22)23)7-12-15(21)17-8-13(20)18(12)14/h1-3,6,11-12,14,19H,4-5,7-8H2,(H,17,21)(H,22,23)/t11-,12-,14-/m0/s1. The van der Waals surface area contributed by atoms with Gasteiger partial charge in [0.2, 0.25) is 11.8 Å². The molecular formula is C16H18N2O6. The largest absolute Gasteiger partial charge is 0.491 e. The van der Waals surface area contributed by atoms with Crippen molar-refractivity contribution in [1.82, 2.24) is 10.2 Å². The second kappa shape index (κ2) is 6.48. The van der Waals surface area contributed by atoms with Crippen molar-refractivity contribution < 1.29 is 29.3 Å². The van der Waals surface area contributed by atoms with Crippen LogP contribution >= 0.6 is 0 Å². The van der Waals surface area contributed by atoms with E-state index in [-0.39, 0.29) is 38.0 Å². The van der Waals surface area contributed by atoms with Crippen LogP contribution in [0.4, 0.5) is 0 Å². The number of ether oxygens (including phenoxy) is 1. The Morgan fingerprint density at radius 2 is 2.17 bits per heavy atom. The number of hydrogen-bond acceptors (Lipinski definition) is 5. The van der Waals surface area contributed by atoms with E-state index in [1.54, 1.807) is 24.3 Å². The maximum atomic E-state index is 12.3. The molecule has 1 aromatic rings. The van der Waals surface area contributed by atoms with Gasteiger partial charge < -0.3 is 25.2 Å². The van der Waals surface area contributed by atoms with Crippen LogP contribution in [0.5, 0.6) is 5.75 Å². The molecule has 3 N–H and O–H groups in total. The maximum absolute atomic E-state index is 12.3. The van der Waals surface area contributed by atoms with E-state index in [9.17, 15) is 19.5 Å². The van der Waals surface area contributed by atoms with Crippen LogP contribution in [0.25, 0.3) is 0 Å². The molecule has 24 heavy (non-hydrogen) atoms. The van der Waals surface area contributed by atoms with E-state index in [1.165, 1.54) is 4.90 Å². The lowest BCUT2D eigenvalue weighted by Gasteiger charge is -2.34. The summed E-state index contributed by atoms with van der Waals surface area (Å²) >= 11 is 0. The Bertz CT molecular complexity index is 676. The van der Waals surface area contributed by atoms with Crippen LogP contribution in [0.1, 0.15) is 18.0 Å². The number of benzene rings is 1. The molecule has 2 saturated heterocycles. The number of amides is 2. The molecule has 2 fully saturated rings. The third kappa shape index (κ3) is 2.80. The van der Waals surface area contributed by atoms with E-state index in [0.717, 1.165) is 0 Å². The van der Waals surface area contributed by atoms with Crippen LogP contribution in [0.15, 0.2) is 24.3 Å². The number of aliphatic hydroxyl groups excluding tert-OH is 1. The first-order valence-corrected chi connectivity index (χ1v) is 7.68. The molecule has 2 aliphatic rings. The number of piperazine rings is 1. The Morgan fingerprint density at radius 3 is 2.88 bits per heavy atom. The van der Waals surface area contributed by atoms with Crippen molar-refractivity contribution in [2.75, 3.05) is 19.8 Å². The van der Waals surface area contributed by atoms with Crippen LogP contribution in [0, 0.1) is 5.92 Å². The van der Waals surface area contributed by atoms with E-state index in [1.807, 2.05) is 0 Å². The first-order chi connectivity index (χ1) is 11.5. The SMILES string of the molecule is O=C(O)[C@H]1C[C@H]2C(=O)NCC(=O)N2[C@H]1c1cccc(OCCO)c1. The van der Waals surface area contributed by atoms with Gasteiger partial charge >= 0.3 is 5.97 Å². The van der Waals surface area contributed by atoms with Gasteiger partial charge in [0.1, 0.15) is 18.4 Å². The lowest BCUT2D eigenvalue weighted by molar-refractivity contribution is -0.147. The van der Waals surface area contributed by atoms with E-state index in [4.69, 9.17) is 9.84 Å². The topological polar surface area (TPSA) is 116 Å². The van der Waals surface area contributed by atoms with Crippen LogP contribution in [-0.4, -0.2) is 58.7 Å². The lowest BCUT2D eigenvalue weighted by Crippen LogP contribution is -2.56. The Kier molecular flexibility index (Phi) is 4.39. The van der Waals surface area contributed by atoms with Crippen molar-refractivity contribution in [3.05, 3.63) is 29.8 Å². The molecule has 8 heteroatoms. The second-order valence-electron chi connectivity index (χ2n) is 5.80. The fourth-order valence-electron chi connectivity index (χ4n) is 3.39. The van der Waals surface area contributed by atoms with Crippen LogP contribution in [-0.2, 0) is 14.4 Å². The van der Waals surface area contributed by atoms with Gasteiger partial charge in [-0.25, -0.2) is 0 Å². The summed E-state index contributed by atoms with van der Waals surface area (Å²) in [5, 5.41) is 20.9. The fourth-order valence-corrected chi connectivity index (χ4v) is 3.39. The smallest absolute Gasteiger partial charge is 0.309 e. The first-order valence-electron chi connectivity index (χ1n) is 7.68. The molecule has 2 aliphatic heterocycles. The molecule has 0 radical (unpaired) electrons. The number of nitrogens with one attached hydrogen (secondary N) is 1. The first kappa shape index (κ1) is 16.3. The maximum Gasteiger partial charge on any atom is 0.309 e. The monoisotopic (exact) mass is 334 g/mol. The molecular weight excluding hydrogens is 316 g/mol. The minimum absolute atomic E-state index is 0.0826. The van der Waals surface area contributed by atoms with Gasteiger partial charge in [0.15, 0.2) is 0 Å². The van der Waals surface area contributed by atoms with Crippen molar-refractivity contribution in [2.24, 2.45) is 5.92 Å². The van der Waals surface area contributed by atoms with Crippen molar-refractivity contribution in [3.8, 4) is 5.75 Å². The highest BCUT2D eigenvalue weighted by Crippen LogP contribution is 2.43. The number of carboxylic acids is 1. The van der Waals surface area contributed by atoms with Gasteiger partial charge in [0.05, 0.1) is 25.1 Å². The fraction of sp³-hybridized carbons (Fsp3) is 0.438. The zero-order valence-corrected chi connectivity index (χ0v) is 12.8. The number of aliphatic hydroxyl groups is 1. The average molecular weight is 334 g/mol. The molecule has 0 aliphatic carbocycles. The molecule has 2 heterocycles. The predicted octanol–water partition coefficient (Wildman–Crippen LogP) is -0.470. The molecule has 128 valence electrons. The van der Waals surface area contributed by atoms with Gasteiger partial charge in [-0.05, 0) is 24.1 Å². The number of hydrogen-bond donors (Lipinski definition) is 3. The number of fused-ring (bicyclic) bond motifs is 1. The Hall–Kier alpha value is -2.61. The van der Waals surface area contributed by atoms with Gasteiger partial charge in [-0.1, -0.05) is 12.1 Å². The number of rotatable bonds is 5. The third-order valence-corrected chi connectivity index (χ3v) is 4.38. The summed E-state index contributed by atoms with van der Waals surface area (Å²) in [7, 11) is 0. The van der Waals surface area contributed by atoms with Crippen LogP contribution in [0.2, 0.25) is 0 Å².